The molecule has 1 amide bonds. The number of benzene rings is 1. The van der Waals surface area contributed by atoms with Gasteiger partial charge in [0.25, 0.3) is 0 Å². The summed E-state index contributed by atoms with van der Waals surface area (Å²) >= 11 is 6.89. The van der Waals surface area contributed by atoms with E-state index in [1.165, 1.54) is 6.08 Å². The zero-order valence-electron chi connectivity index (χ0n) is 23.6. The molecular formula is C30H35ClN8O2. The Hall–Kier alpha value is -3.81. The Bertz CT molecular complexity index is 1540. The lowest BCUT2D eigenvalue weighted by atomic mass is 9.97. The number of aromatic nitrogens is 3. The summed E-state index contributed by atoms with van der Waals surface area (Å²) in [5, 5.41) is 19.4. The number of rotatable bonds is 6. The number of piperazine rings is 1. The van der Waals surface area contributed by atoms with Gasteiger partial charge in [-0.15, -0.1) is 0 Å². The van der Waals surface area contributed by atoms with Crippen LogP contribution in [0.5, 0.6) is 5.88 Å². The fraction of sp³-hybridized carbons (Fsp3) is 0.467. The SMILES string of the molecule is C=CC(=O)N1CCN(c2c(C#N)c(OC[C@@H]3CCCN3C)nc3c2CCN(c2c(Cl)c(C)cc4[nH]ncc24)C3)CC1. The van der Waals surface area contributed by atoms with Crippen LogP contribution in [0.3, 0.4) is 0 Å². The topological polar surface area (TPSA) is 105 Å². The Kier molecular flexibility index (Phi) is 7.49. The number of likely N-dealkylation sites (tertiary alicyclic amines) is 1. The molecule has 3 aromatic rings. The second-order valence-corrected chi connectivity index (χ2v) is 11.5. The molecule has 2 aromatic heterocycles. The minimum absolute atomic E-state index is 0.0668. The highest BCUT2D eigenvalue weighted by Gasteiger charge is 2.33. The van der Waals surface area contributed by atoms with Crippen LogP contribution < -0.4 is 14.5 Å². The Balaban J connectivity index is 1.39. The Morgan fingerprint density at radius 1 is 1.24 bits per heavy atom. The highest BCUT2D eigenvalue weighted by Crippen LogP contribution is 2.42. The molecule has 214 valence electrons. The maximum Gasteiger partial charge on any atom is 0.246 e. The van der Waals surface area contributed by atoms with Crippen LogP contribution in [0.15, 0.2) is 24.9 Å². The molecule has 0 spiro atoms. The summed E-state index contributed by atoms with van der Waals surface area (Å²) in [5.41, 5.74) is 6.19. The lowest BCUT2D eigenvalue weighted by molar-refractivity contribution is -0.126. The number of pyridine rings is 1. The van der Waals surface area contributed by atoms with Crippen LogP contribution in [-0.2, 0) is 17.8 Å². The first-order valence-electron chi connectivity index (χ1n) is 14.2. The van der Waals surface area contributed by atoms with Crippen molar-refractivity contribution in [1.82, 2.24) is 25.0 Å². The third-order valence-electron chi connectivity index (χ3n) is 8.73. The number of aromatic amines is 1. The van der Waals surface area contributed by atoms with Crippen LogP contribution >= 0.6 is 11.6 Å². The fourth-order valence-corrected chi connectivity index (χ4v) is 6.69. The number of aryl methyl sites for hydroxylation is 1. The number of anilines is 2. The number of ether oxygens (including phenoxy) is 1. The molecule has 3 aliphatic heterocycles. The van der Waals surface area contributed by atoms with Gasteiger partial charge in [-0.05, 0) is 57.5 Å². The van der Waals surface area contributed by atoms with Crippen molar-refractivity contribution in [1.29, 1.82) is 5.26 Å². The molecule has 2 fully saturated rings. The average Bonchev–Trinajstić information content (AvgIpc) is 3.63. The lowest BCUT2D eigenvalue weighted by Crippen LogP contribution is -2.49. The van der Waals surface area contributed by atoms with Crippen LogP contribution in [-0.4, -0.2) is 89.9 Å². The maximum absolute atomic E-state index is 12.2. The van der Waals surface area contributed by atoms with E-state index in [4.69, 9.17) is 21.3 Å². The third-order valence-corrected chi connectivity index (χ3v) is 9.20. The van der Waals surface area contributed by atoms with Crippen molar-refractivity contribution in [3.8, 4) is 11.9 Å². The predicted molar refractivity (Wildman–Crippen MR) is 160 cm³/mol. The number of nitrogens with one attached hydrogen (secondary N) is 1. The van der Waals surface area contributed by atoms with Gasteiger partial charge in [-0.1, -0.05) is 18.2 Å². The molecule has 1 N–H and O–H groups in total. The Labute approximate surface area is 245 Å². The van der Waals surface area contributed by atoms with Gasteiger partial charge in [0.2, 0.25) is 11.8 Å². The zero-order valence-corrected chi connectivity index (χ0v) is 24.4. The molecule has 0 bridgehead atoms. The van der Waals surface area contributed by atoms with Gasteiger partial charge in [-0.25, -0.2) is 4.98 Å². The molecule has 0 saturated carbocycles. The summed E-state index contributed by atoms with van der Waals surface area (Å²) in [4.78, 5) is 25.8. The van der Waals surface area contributed by atoms with Gasteiger partial charge in [-0.2, -0.15) is 10.4 Å². The summed E-state index contributed by atoms with van der Waals surface area (Å²) < 4.78 is 6.36. The number of carbonyl (C=O) groups is 1. The van der Waals surface area contributed by atoms with Gasteiger partial charge in [0.15, 0.2) is 0 Å². The number of fused-ring (bicyclic) bond motifs is 2. The number of carbonyl (C=O) groups excluding carboxylic acids is 1. The van der Waals surface area contributed by atoms with E-state index in [1.807, 2.05) is 19.2 Å². The Morgan fingerprint density at radius 2 is 2.05 bits per heavy atom. The van der Waals surface area contributed by atoms with Gasteiger partial charge >= 0.3 is 0 Å². The molecule has 41 heavy (non-hydrogen) atoms. The van der Waals surface area contributed by atoms with Crippen LogP contribution in [0, 0.1) is 18.3 Å². The first kappa shape index (κ1) is 27.4. The maximum atomic E-state index is 12.2. The van der Waals surface area contributed by atoms with E-state index >= 15 is 0 Å². The normalized spacial score (nSPS) is 19.4. The van der Waals surface area contributed by atoms with Crippen molar-refractivity contribution in [3.63, 3.8) is 0 Å². The minimum Gasteiger partial charge on any atom is -0.475 e. The molecule has 2 saturated heterocycles. The lowest BCUT2D eigenvalue weighted by Gasteiger charge is -2.39. The molecule has 10 nitrogen and oxygen atoms in total. The van der Waals surface area contributed by atoms with Crippen molar-refractivity contribution in [2.24, 2.45) is 0 Å². The van der Waals surface area contributed by atoms with Crippen molar-refractivity contribution in [2.75, 3.05) is 62.7 Å². The molecule has 0 radical (unpaired) electrons. The quantitative estimate of drug-likeness (QED) is 0.445. The van der Waals surface area contributed by atoms with Gasteiger partial charge in [0, 0.05) is 49.7 Å². The van der Waals surface area contributed by atoms with Crippen molar-refractivity contribution in [2.45, 2.75) is 38.8 Å². The summed E-state index contributed by atoms with van der Waals surface area (Å²) in [5.74, 6) is 0.319. The highest BCUT2D eigenvalue weighted by molar-refractivity contribution is 6.35. The van der Waals surface area contributed by atoms with E-state index in [0.29, 0.717) is 68.3 Å². The summed E-state index contributed by atoms with van der Waals surface area (Å²) in [6, 6.07) is 4.75. The van der Waals surface area contributed by atoms with Crippen LogP contribution in [0.2, 0.25) is 5.02 Å². The van der Waals surface area contributed by atoms with Gasteiger partial charge in [0.05, 0.1) is 40.3 Å². The fourth-order valence-electron chi connectivity index (χ4n) is 6.41. The number of hydrogen-bond donors (Lipinski definition) is 1. The van der Waals surface area contributed by atoms with E-state index in [9.17, 15) is 10.1 Å². The second kappa shape index (κ2) is 11.2. The van der Waals surface area contributed by atoms with E-state index in [0.717, 1.165) is 65.0 Å². The number of amides is 1. The summed E-state index contributed by atoms with van der Waals surface area (Å²) in [6.07, 6.45) is 6.09. The molecule has 0 unspecified atom stereocenters. The third kappa shape index (κ3) is 4.98. The van der Waals surface area contributed by atoms with Gasteiger partial charge in [-0.3, -0.25) is 9.89 Å². The van der Waals surface area contributed by atoms with Crippen LogP contribution in [0.1, 0.15) is 35.2 Å². The van der Waals surface area contributed by atoms with E-state index in [1.54, 1.807) is 4.90 Å². The molecule has 5 heterocycles. The smallest absolute Gasteiger partial charge is 0.246 e. The standard InChI is InChI=1S/C30H35ClN8O2/c1-4-26(40)37-10-12-38(13-11-37)28-21-7-9-39(29-23-16-33-35-24(23)14-19(2)27(29)31)17-25(21)34-30(22(28)15-32)41-18-20-6-5-8-36(20)3/h4,14,16,20H,1,5-13,17-18H2,2-3H3,(H,33,35)/t20-/m0/s1. The highest BCUT2D eigenvalue weighted by atomic mass is 35.5. The molecule has 1 atom stereocenters. The second-order valence-electron chi connectivity index (χ2n) is 11.1. The molecule has 3 aliphatic rings. The number of H-pyrrole nitrogens is 1. The minimum atomic E-state index is -0.0668. The molecule has 6 rings (SSSR count). The van der Waals surface area contributed by atoms with Crippen LogP contribution in [0.4, 0.5) is 11.4 Å². The first-order chi connectivity index (χ1) is 19.9. The summed E-state index contributed by atoms with van der Waals surface area (Å²) in [6.45, 7) is 10.8. The van der Waals surface area contributed by atoms with E-state index in [2.05, 4.69) is 44.6 Å². The van der Waals surface area contributed by atoms with Gasteiger partial charge < -0.3 is 24.3 Å². The Morgan fingerprint density at radius 3 is 2.76 bits per heavy atom. The number of nitrogens with zero attached hydrogens (tertiary/aromatic N) is 7. The zero-order chi connectivity index (χ0) is 28.7. The molecular weight excluding hydrogens is 540 g/mol. The number of nitriles is 1. The average molecular weight is 575 g/mol. The summed E-state index contributed by atoms with van der Waals surface area (Å²) in [7, 11) is 2.11. The van der Waals surface area contributed by atoms with Crippen molar-refractivity contribution >= 4 is 39.8 Å². The van der Waals surface area contributed by atoms with Crippen molar-refractivity contribution in [3.05, 3.63) is 52.3 Å². The molecule has 0 aliphatic carbocycles. The van der Waals surface area contributed by atoms with Crippen molar-refractivity contribution < 1.29 is 9.53 Å². The van der Waals surface area contributed by atoms with E-state index in [-0.39, 0.29) is 5.91 Å². The number of halogens is 1. The monoisotopic (exact) mass is 574 g/mol. The van der Waals surface area contributed by atoms with E-state index < -0.39 is 0 Å². The number of hydrogen-bond acceptors (Lipinski definition) is 8. The largest absolute Gasteiger partial charge is 0.475 e. The van der Waals surface area contributed by atoms with Gasteiger partial charge in [0.1, 0.15) is 18.2 Å². The number of likely N-dealkylation sites (N-methyl/N-ethyl adjacent to an activating group) is 1. The molecule has 11 heteroatoms. The molecule has 1 aromatic carbocycles. The first-order valence-corrected chi connectivity index (χ1v) is 14.6. The van der Waals surface area contributed by atoms with Crippen LogP contribution in [0.25, 0.3) is 10.9 Å². The predicted octanol–water partition coefficient (Wildman–Crippen LogP) is 3.66.